The Morgan fingerprint density at radius 3 is 2.95 bits per heavy atom. The fourth-order valence-electron chi connectivity index (χ4n) is 5.43. The molecular formula is C30H27FN4O3. The second-order valence-corrected chi connectivity index (χ2v) is 9.87. The molecule has 0 N–H and O–H groups in total. The number of hydrogen-bond donors (Lipinski definition) is 0. The molecule has 4 heterocycles. The summed E-state index contributed by atoms with van der Waals surface area (Å²) in [5.74, 6) is 0.0130. The number of benzene rings is 2. The highest BCUT2D eigenvalue weighted by molar-refractivity contribution is 6.16. The maximum Gasteiger partial charge on any atom is 0.222 e. The molecule has 0 radical (unpaired) electrons. The van der Waals surface area contributed by atoms with E-state index < -0.39 is 5.82 Å². The zero-order valence-electron chi connectivity index (χ0n) is 21.1. The number of ketones is 1. The van der Waals surface area contributed by atoms with Gasteiger partial charge in [-0.1, -0.05) is 18.2 Å². The zero-order valence-corrected chi connectivity index (χ0v) is 21.1. The number of Topliss-reactive ketones (excluding diaryl/α,β-unsaturated/α-hetero) is 1. The number of imidazole rings is 1. The van der Waals surface area contributed by atoms with E-state index in [-0.39, 0.29) is 24.2 Å². The van der Waals surface area contributed by atoms with Crippen molar-refractivity contribution in [2.75, 3.05) is 13.7 Å². The second-order valence-electron chi connectivity index (χ2n) is 9.87. The van der Waals surface area contributed by atoms with Crippen molar-refractivity contribution in [1.82, 2.24) is 14.3 Å². The minimum Gasteiger partial charge on any atom is -0.496 e. The normalized spacial score (nSPS) is 17.0. The molecule has 0 saturated carbocycles. The molecule has 8 heteroatoms. The van der Waals surface area contributed by atoms with Crippen molar-refractivity contribution in [3.05, 3.63) is 101 Å². The lowest BCUT2D eigenvalue weighted by Crippen LogP contribution is -2.40. The first-order chi connectivity index (χ1) is 18.5. The van der Waals surface area contributed by atoms with Gasteiger partial charge in [-0.3, -0.25) is 14.6 Å². The van der Waals surface area contributed by atoms with Gasteiger partial charge in [0.05, 0.1) is 25.9 Å². The molecule has 0 bridgehead atoms. The van der Waals surface area contributed by atoms with Crippen LogP contribution < -0.4 is 4.74 Å². The predicted octanol–water partition coefficient (Wildman–Crippen LogP) is 4.84. The van der Waals surface area contributed by atoms with Crippen LogP contribution in [0.5, 0.6) is 5.75 Å². The van der Waals surface area contributed by atoms with E-state index in [0.29, 0.717) is 49.2 Å². The number of aliphatic imine (C=N–C) groups is 1. The van der Waals surface area contributed by atoms with Crippen LogP contribution in [0.3, 0.4) is 0 Å². The Morgan fingerprint density at radius 2 is 2.08 bits per heavy atom. The fourth-order valence-corrected chi connectivity index (χ4v) is 5.43. The number of halogens is 1. The van der Waals surface area contributed by atoms with E-state index in [4.69, 9.17) is 9.73 Å². The summed E-state index contributed by atoms with van der Waals surface area (Å²) in [4.78, 5) is 36.7. The van der Waals surface area contributed by atoms with E-state index in [1.54, 1.807) is 23.2 Å². The Morgan fingerprint density at radius 1 is 1.18 bits per heavy atom. The number of fused-ring (bicyclic) bond motifs is 2. The maximum atomic E-state index is 14.5. The largest absolute Gasteiger partial charge is 0.496 e. The number of piperidine rings is 1. The lowest BCUT2D eigenvalue weighted by atomic mass is 9.89. The summed E-state index contributed by atoms with van der Waals surface area (Å²) in [6.07, 6.45) is 6.96. The monoisotopic (exact) mass is 510 g/mol. The van der Waals surface area contributed by atoms with Crippen molar-refractivity contribution in [2.45, 2.75) is 32.4 Å². The van der Waals surface area contributed by atoms with Gasteiger partial charge < -0.3 is 14.0 Å². The highest BCUT2D eigenvalue weighted by Crippen LogP contribution is 2.29. The third kappa shape index (κ3) is 4.47. The molecule has 192 valence electrons. The predicted molar refractivity (Wildman–Crippen MR) is 141 cm³/mol. The highest BCUT2D eigenvalue weighted by Gasteiger charge is 2.29. The van der Waals surface area contributed by atoms with Gasteiger partial charge in [0.2, 0.25) is 5.91 Å². The smallest absolute Gasteiger partial charge is 0.222 e. The molecule has 6 rings (SSSR count). The van der Waals surface area contributed by atoms with E-state index in [0.717, 1.165) is 28.0 Å². The number of rotatable bonds is 7. The van der Waals surface area contributed by atoms with Gasteiger partial charge in [-0.15, -0.1) is 0 Å². The lowest BCUT2D eigenvalue weighted by molar-refractivity contribution is -0.135. The first kappa shape index (κ1) is 24.0. The highest BCUT2D eigenvalue weighted by atomic mass is 19.1. The minimum atomic E-state index is -0.404. The summed E-state index contributed by atoms with van der Waals surface area (Å²) in [5.41, 5.74) is 5.78. The SMILES string of the molecule is COc1cccc(F)c1CN1C[C@H](CC(=O)c2ccc3c(c2)C(c2ccc4nccn4c2)=NC3)CCC1=O. The van der Waals surface area contributed by atoms with E-state index in [1.165, 1.54) is 13.2 Å². The Labute approximate surface area is 219 Å². The Bertz CT molecular complexity index is 1590. The molecule has 38 heavy (non-hydrogen) atoms. The topological polar surface area (TPSA) is 76.3 Å². The van der Waals surface area contributed by atoms with E-state index in [1.807, 2.05) is 47.1 Å². The Balaban J connectivity index is 1.18. The van der Waals surface area contributed by atoms with Crippen molar-refractivity contribution < 1.29 is 18.7 Å². The van der Waals surface area contributed by atoms with Crippen LogP contribution in [0.1, 0.15) is 51.9 Å². The van der Waals surface area contributed by atoms with Gasteiger partial charge in [0.25, 0.3) is 0 Å². The molecule has 2 aromatic heterocycles. The minimum absolute atomic E-state index is 0.00279. The molecule has 1 fully saturated rings. The third-order valence-electron chi connectivity index (χ3n) is 7.47. The van der Waals surface area contributed by atoms with Crippen LogP contribution >= 0.6 is 0 Å². The number of ether oxygens (including phenoxy) is 1. The van der Waals surface area contributed by atoms with Crippen LogP contribution in [0.2, 0.25) is 0 Å². The lowest BCUT2D eigenvalue weighted by Gasteiger charge is -2.33. The number of likely N-dealkylation sites (tertiary alicyclic amines) is 1. The van der Waals surface area contributed by atoms with Crippen LogP contribution in [0.15, 0.2) is 72.1 Å². The molecule has 1 amide bonds. The Hall–Kier alpha value is -4.33. The van der Waals surface area contributed by atoms with Crippen molar-refractivity contribution in [3.63, 3.8) is 0 Å². The van der Waals surface area contributed by atoms with Crippen molar-refractivity contribution in [2.24, 2.45) is 10.9 Å². The molecule has 7 nitrogen and oxygen atoms in total. The summed E-state index contributed by atoms with van der Waals surface area (Å²) < 4.78 is 21.7. The molecule has 2 aromatic carbocycles. The quantitative estimate of drug-likeness (QED) is 0.333. The number of pyridine rings is 1. The number of hydrogen-bond acceptors (Lipinski definition) is 5. The second kappa shape index (κ2) is 9.85. The van der Waals surface area contributed by atoms with Crippen LogP contribution in [-0.4, -0.2) is 45.3 Å². The molecule has 4 aromatic rings. The molecule has 1 saturated heterocycles. The number of methoxy groups -OCH3 is 1. The summed E-state index contributed by atoms with van der Waals surface area (Å²) in [6, 6.07) is 14.4. The average molecular weight is 511 g/mol. The number of nitrogens with zero attached hydrogens (tertiary/aromatic N) is 4. The number of aromatic nitrogens is 2. The van der Waals surface area contributed by atoms with Crippen LogP contribution in [0, 0.1) is 11.7 Å². The summed E-state index contributed by atoms with van der Waals surface area (Å²) in [6.45, 7) is 1.12. The molecule has 1 atom stereocenters. The third-order valence-corrected chi connectivity index (χ3v) is 7.47. The summed E-state index contributed by atoms with van der Waals surface area (Å²) in [5, 5.41) is 0. The Kier molecular flexibility index (Phi) is 6.23. The number of carbonyl (C=O) groups excluding carboxylic acids is 2. The molecule has 0 unspecified atom stereocenters. The first-order valence-corrected chi connectivity index (χ1v) is 12.7. The van der Waals surface area contributed by atoms with Gasteiger partial charge in [-0.25, -0.2) is 9.37 Å². The summed E-state index contributed by atoms with van der Waals surface area (Å²) in [7, 11) is 1.49. The standard InChI is InChI=1S/C30H27FN4O3/c1-38-27-4-2-3-25(31)24(27)18-35-16-19(5-10-29(35)37)13-26(36)20-6-7-21-15-33-30(23(21)14-20)22-8-9-28-32-11-12-34(28)17-22/h2-4,6-9,11-12,14,17,19H,5,10,13,15-16,18H2,1H3/t19-/m0/s1. The maximum absolute atomic E-state index is 14.5. The van der Waals surface area contributed by atoms with Crippen LogP contribution in [0.4, 0.5) is 4.39 Å². The van der Waals surface area contributed by atoms with Crippen LogP contribution in [-0.2, 0) is 17.9 Å². The molecule has 0 spiro atoms. The van der Waals surface area contributed by atoms with Gasteiger partial charge in [0, 0.05) is 60.2 Å². The van der Waals surface area contributed by atoms with E-state index in [2.05, 4.69) is 4.98 Å². The van der Waals surface area contributed by atoms with Crippen molar-refractivity contribution in [1.29, 1.82) is 0 Å². The van der Waals surface area contributed by atoms with E-state index >= 15 is 0 Å². The zero-order chi connectivity index (χ0) is 26.2. The summed E-state index contributed by atoms with van der Waals surface area (Å²) >= 11 is 0. The van der Waals surface area contributed by atoms with Crippen LogP contribution in [0.25, 0.3) is 5.65 Å². The average Bonchev–Trinajstić information content (AvgIpc) is 3.57. The van der Waals surface area contributed by atoms with Gasteiger partial charge in [-0.2, -0.15) is 0 Å². The molecule has 2 aliphatic rings. The van der Waals surface area contributed by atoms with Gasteiger partial charge in [-0.05, 0) is 48.2 Å². The van der Waals surface area contributed by atoms with Crippen molar-refractivity contribution >= 4 is 23.0 Å². The van der Waals surface area contributed by atoms with Crippen molar-refractivity contribution in [3.8, 4) is 5.75 Å². The molecular weight excluding hydrogens is 483 g/mol. The van der Waals surface area contributed by atoms with Gasteiger partial charge in [0.15, 0.2) is 5.78 Å². The molecule has 0 aliphatic carbocycles. The van der Waals surface area contributed by atoms with Gasteiger partial charge >= 0.3 is 0 Å². The first-order valence-electron chi connectivity index (χ1n) is 12.7. The molecule has 2 aliphatic heterocycles. The number of carbonyl (C=O) groups is 2. The van der Waals surface area contributed by atoms with E-state index in [9.17, 15) is 14.0 Å². The number of amides is 1. The fraction of sp³-hybridized carbons (Fsp3) is 0.267. The van der Waals surface area contributed by atoms with Gasteiger partial charge in [0.1, 0.15) is 17.2 Å².